The van der Waals surface area contributed by atoms with Crippen molar-refractivity contribution in [1.29, 1.82) is 0 Å². The molecule has 0 amide bonds. The van der Waals surface area contributed by atoms with Crippen LogP contribution in [0.2, 0.25) is 0 Å². The molecule has 0 unspecified atom stereocenters. The second-order valence-corrected chi connectivity index (χ2v) is 5.64. The van der Waals surface area contributed by atoms with Crippen molar-refractivity contribution >= 4 is 11.7 Å². The summed E-state index contributed by atoms with van der Waals surface area (Å²) in [6, 6.07) is 7.68. The van der Waals surface area contributed by atoms with Crippen LogP contribution in [0.3, 0.4) is 0 Å². The van der Waals surface area contributed by atoms with Crippen LogP contribution in [-0.4, -0.2) is 31.2 Å². The van der Waals surface area contributed by atoms with Crippen LogP contribution in [0.4, 0.5) is 0 Å². The predicted octanol–water partition coefficient (Wildman–Crippen LogP) is 3.27. The first-order valence-electron chi connectivity index (χ1n) is 7.95. The molecule has 1 aliphatic rings. The Balaban J connectivity index is 2.29. The van der Waals surface area contributed by atoms with E-state index in [1.807, 2.05) is 43.1 Å². The molecule has 5 nitrogen and oxygen atoms in total. The molecule has 2 rings (SSSR count). The normalized spacial score (nSPS) is 13.4. The average Bonchev–Trinajstić information content (AvgIpc) is 2.60. The van der Waals surface area contributed by atoms with Crippen molar-refractivity contribution in [3.8, 4) is 5.75 Å². The van der Waals surface area contributed by atoms with Crippen molar-refractivity contribution in [2.45, 2.75) is 20.8 Å². The molecule has 0 aliphatic carbocycles. The fourth-order valence-corrected chi connectivity index (χ4v) is 2.20. The van der Waals surface area contributed by atoms with Gasteiger partial charge in [-0.3, -0.25) is 10.4 Å². The third-order valence-corrected chi connectivity index (χ3v) is 3.47. The fourth-order valence-electron chi connectivity index (χ4n) is 2.20. The van der Waals surface area contributed by atoms with Gasteiger partial charge >= 0.3 is 5.97 Å². The summed E-state index contributed by atoms with van der Waals surface area (Å²) < 4.78 is 10.3. The Hall–Kier alpha value is -2.69. The summed E-state index contributed by atoms with van der Waals surface area (Å²) in [7, 11) is 1.63. The highest BCUT2D eigenvalue weighted by Crippen LogP contribution is 2.22. The minimum Gasteiger partial charge on any atom is -0.497 e. The quantitative estimate of drug-likeness (QED) is 0.641. The number of hydrazine groups is 1. The van der Waals surface area contributed by atoms with Gasteiger partial charge in [-0.2, -0.15) is 0 Å². The number of rotatable bonds is 6. The van der Waals surface area contributed by atoms with E-state index in [-0.39, 0.29) is 5.97 Å². The van der Waals surface area contributed by atoms with Gasteiger partial charge in [0.25, 0.3) is 0 Å². The lowest BCUT2D eigenvalue weighted by Crippen LogP contribution is -2.36. The van der Waals surface area contributed by atoms with Gasteiger partial charge in [0.1, 0.15) is 5.75 Å². The molecule has 1 N–H and O–H groups in total. The van der Waals surface area contributed by atoms with Crippen molar-refractivity contribution in [2.24, 2.45) is 0 Å². The standard InChI is InChI=1S/C19H24N2O3/c1-5-24-19(22)16-12-18(15-6-8-17(23-4)9-7-15)20-21(13-16)11-10-14(2)3/h6-10,12-13,20H,5,11H2,1-4H3. The van der Waals surface area contributed by atoms with Crippen LogP contribution in [-0.2, 0) is 9.53 Å². The molecular weight excluding hydrogens is 304 g/mol. The molecule has 0 aromatic heterocycles. The molecule has 0 radical (unpaired) electrons. The topological polar surface area (TPSA) is 50.8 Å². The number of carbonyl (C=O) groups excluding carboxylic acids is 1. The van der Waals surface area contributed by atoms with Crippen LogP contribution in [0.15, 0.2) is 53.8 Å². The maximum atomic E-state index is 12.1. The summed E-state index contributed by atoms with van der Waals surface area (Å²) in [4.78, 5) is 12.1. The second kappa shape index (κ2) is 8.24. The Morgan fingerprint density at radius 3 is 2.54 bits per heavy atom. The molecule has 0 fully saturated rings. The van der Waals surface area contributed by atoms with E-state index in [1.54, 1.807) is 26.3 Å². The van der Waals surface area contributed by atoms with Gasteiger partial charge in [-0.15, -0.1) is 0 Å². The Morgan fingerprint density at radius 1 is 1.25 bits per heavy atom. The number of benzene rings is 1. The number of hydrogen-bond donors (Lipinski definition) is 1. The van der Waals surface area contributed by atoms with Crippen molar-refractivity contribution in [1.82, 2.24) is 10.4 Å². The maximum Gasteiger partial charge on any atom is 0.339 e. The van der Waals surface area contributed by atoms with E-state index in [1.165, 1.54) is 5.57 Å². The third kappa shape index (κ3) is 4.65. The Kier molecular flexibility index (Phi) is 6.07. The zero-order valence-electron chi connectivity index (χ0n) is 14.6. The van der Waals surface area contributed by atoms with Crippen LogP contribution in [0.5, 0.6) is 5.75 Å². The third-order valence-electron chi connectivity index (χ3n) is 3.47. The van der Waals surface area contributed by atoms with Crippen LogP contribution in [0, 0.1) is 0 Å². The minimum absolute atomic E-state index is 0.327. The van der Waals surface area contributed by atoms with Gasteiger partial charge in [0.2, 0.25) is 0 Å². The molecule has 1 heterocycles. The molecule has 128 valence electrons. The molecule has 0 spiro atoms. The highest BCUT2D eigenvalue weighted by atomic mass is 16.5. The molecule has 1 aromatic rings. The Morgan fingerprint density at radius 2 is 1.96 bits per heavy atom. The summed E-state index contributed by atoms with van der Waals surface area (Å²) in [6.45, 7) is 6.89. The van der Waals surface area contributed by atoms with Gasteiger partial charge in [0.05, 0.1) is 31.5 Å². The summed E-state index contributed by atoms with van der Waals surface area (Å²) in [5, 5.41) is 1.87. The Bertz CT molecular complexity index is 668. The molecule has 1 aliphatic heterocycles. The molecule has 0 saturated heterocycles. The smallest absolute Gasteiger partial charge is 0.339 e. The Labute approximate surface area is 143 Å². The van der Waals surface area contributed by atoms with E-state index in [2.05, 4.69) is 11.5 Å². The summed E-state index contributed by atoms with van der Waals surface area (Å²) in [5.74, 6) is 0.463. The lowest BCUT2D eigenvalue weighted by atomic mass is 10.1. The number of esters is 1. The van der Waals surface area contributed by atoms with Crippen LogP contribution in [0.1, 0.15) is 26.3 Å². The number of hydrogen-bond acceptors (Lipinski definition) is 5. The average molecular weight is 328 g/mol. The van der Waals surface area contributed by atoms with E-state index in [9.17, 15) is 4.79 Å². The van der Waals surface area contributed by atoms with E-state index in [4.69, 9.17) is 9.47 Å². The number of nitrogens with one attached hydrogen (secondary N) is 1. The number of nitrogens with zero attached hydrogens (tertiary/aromatic N) is 1. The van der Waals surface area contributed by atoms with E-state index in [0.717, 1.165) is 17.0 Å². The highest BCUT2D eigenvalue weighted by molar-refractivity contribution is 5.94. The maximum absolute atomic E-state index is 12.1. The van der Waals surface area contributed by atoms with Gasteiger partial charge in [-0.25, -0.2) is 4.79 Å². The molecule has 1 aromatic carbocycles. The molecule has 0 saturated carbocycles. The van der Waals surface area contributed by atoms with Gasteiger partial charge < -0.3 is 9.47 Å². The number of methoxy groups -OCH3 is 1. The van der Waals surface area contributed by atoms with Gasteiger partial charge in [0.15, 0.2) is 0 Å². The first kappa shape index (κ1) is 17.7. The van der Waals surface area contributed by atoms with Crippen molar-refractivity contribution in [3.63, 3.8) is 0 Å². The molecule has 0 bridgehead atoms. The molecule has 24 heavy (non-hydrogen) atoms. The zero-order valence-corrected chi connectivity index (χ0v) is 14.6. The molecule has 5 heteroatoms. The fraction of sp³-hybridized carbons (Fsp3) is 0.316. The SMILES string of the molecule is CCOC(=O)C1=CN(CC=C(C)C)NC(c2ccc(OC)cc2)=C1. The van der Waals surface area contributed by atoms with Crippen molar-refractivity contribution in [2.75, 3.05) is 20.3 Å². The number of carbonyl (C=O) groups is 1. The second-order valence-electron chi connectivity index (χ2n) is 5.64. The van der Waals surface area contributed by atoms with Gasteiger partial charge in [0, 0.05) is 6.20 Å². The zero-order chi connectivity index (χ0) is 17.5. The van der Waals surface area contributed by atoms with E-state index < -0.39 is 0 Å². The first-order chi connectivity index (χ1) is 11.5. The van der Waals surface area contributed by atoms with Crippen LogP contribution < -0.4 is 10.2 Å². The first-order valence-corrected chi connectivity index (χ1v) is 7.95. The monoisotopic (exact) mass is 328 g/mol. The van der Waals surface area contributed by atoms with Gasteiger partial charge in [-0.05, 0) is 56.7 Å². The predicted molar refractivity (Wildman–Crippen MR) is 95.0 cm³/mol. The minimum atomic E-state index is -0.327. The largest absolute Gasteiger partial charge is 0.497 e. The molecular formula is C19H24N2O3. The van der Waals surface area contributed by atoms with E-state index in [0.29, 0.717) is 18.7 Å². The summed E-state index contributed by atoms with van der Waals surface area (Å²) >= 11 is 0. The van der Waals surface area contributed by atoms with Crippen LogP contribution in [0.25, 0.3) is 5.70 Å². The summed E-state index contributed by atoms with van der Waals surface area (Å²) in [5.41, 5.74) is 6.85. The molecule has 0 atom stereocenters. The lowest BCUT2D eigenvalue weighted by Gasteiger charge is -2.28. The van der Waals surface area contributed by atoms with Crippen molar-refractivity contribution < 1.29 is 14.3 Å². The van der Waals surface area contributed by atoms with Crippen LogP contribution >= 0.6 is 0 Å². The summed E-state index contributed by atoms with van der Waals surface area (Å²) in [6.07, 6.45) is 5.66. The number of allylic oxidation sites excluding steroid dienone is 1. The lowest BCUT2D eigenvalue weighted by molar-refractivity contribution is -0.138. The van der Waals surface area contributed by atoms with Crippen molar-refractivity contribution in [3.05, 3.63) is 59.3 Å². The van der Waals surface area contributed by atoms with Gasteiger partial charge in [-0.1, -0.05) is 11.6 Å². The highest BCUT2D eigenvalue weighted by Gasteiger charge is 2.18. The van der Waals surface area contributed by atoms with E-state index >= 15 is 0 Å². The number of ether oxygens (including phenoxy) is 2.